The van der Waals surface area contributed by atoms with Gasteiger partial charge in [-0.3, -0.25) is 0 Å². The maximum atomic E-state index is 9.07. The summed E-state index contributed by atoms with van der Waals surface area (Å²) in [5.74, 6) is 0. The molecule has 0 saturated carbocycles. The Hall–Kier alpha value is 0.1000. The van der Waals surface area contributed by atoms with E-state index in [1.807, 2.05) is 6.07 Å². The lowest BCUT2D eigenvalue weighted by molar-refractivity contribution is 0.189. The average molecular weight is 236 g/mol. The molecule has 4 heteroatoms. The monoisotopic (exact) mass is 235 g/mol. The Bertz CT molecular complexity index is 247. The predicted octanol–water partition coefficient (Wildman–Crippen LogP) is 2.02. The van der Waals surface area contributed by atoms with Crippen molar-refractivity contribution in [2.45, 2.75) is 19.6 Å². The number of aliphatic hydroxyl groups excluding tert-OH is 1. The molecule has 0 radical (unpaired) electrons. The Morgan fingerprint density at radius 2 is 2.45 bits per heavy atom. The lowest BCUT2D eigenvalue weighted by Crippen LogP contribution is -2.06. The van der Waals surface area contributed by atoms with Crippen molar-refractivity contribution >= 4 is 27.3 Å². The maximum Gasteiger partial charge on any atom is 0.138 e. The third-order valence-electron chi connectivity index (χ3n) is 1.38. The normalized spacial score (nSPS) is 13.5. The van der Waals surface area contributed by atoms with E-state index in [1.54, 1.807) is 11.3 Å². The molecule has 0 spiro atoms. The summed E-state index contributed by atoms with van der Waals surface area (Å²) in [4.78, 5) is 2.04. The number of hydrogen-bond acceptors (Lipinski definition) is 3. The summed E-state index contributed by atoms with van der Waals surface area (Å²) >= 11 is 4.87. The molecular formula is C7H10BrNOS. The van der Waals surface area contributed by atoms with Gasteiger partial charge >= 0.3 is 0 Å². The third kappa shape index (κ3) is 2.02. The summed E-state index contributed by atoms with van der Waals surface area (Å²) in [6.45, 7) is 2.07. The highest BCUT2D eigenvalue weighted by molar-refractivity contribution is 9.10. The molecule has 2 nitrogen and oxygen atoms in total. The van der Waals surface area contributed by atoms with Gasteiger partial charge in [0.1, 0.15) is 6.23 Å². The van der Waals surface area contributed by atoms with Crippen LogP contribution in [0.1, 0.15) is 22.9 Å². The minimum Gasteiger partial charge on any atom is -0.374 e. The lowest BCUT2D eigenvalue weighted by atomic mass is 10.3. The number of thiophene rings is 1. The molecule has 3 N–H and O–H groups in total. The van der Waals surface area contributed by atoms with Gasteiger partial charge in [-0.05, 0) is 28.4 Å². The molecule has 0 aliphatic heterocycles. The number of aliphatic hydroxyl groups is 1. The molecule has 0 aliphatic rings. The molecule has 1 heterocycles. The minimum absolute atomic E-state index is 0.807. The second kappa shape index (κ2) is 3.67. The molecule has 0 amide bonds. The van der Waals surface area contributed by atoms with E-state index in [0.29, 0.717) is 0 Å². The number of aryl methyl sites for hydroxylation is 1. The van der Waals surface area contributed by atoms with Crippen molar-refractivity contribution in [2.75, 3.05) is 0 Å². The van der Waals surface area contributed by atoms with Gasteiger partial charge in [0.05, 0.1) is 4.88 Å². The molecule has 0 aromatic carbocycles. The highest BCUT2D eigenvalue weighted by atomic mass is 79.9. The Kier molecular flexibility index (Phi) is 3.06. The molecule has 1 unspecified atom stereocenters. The largest absolute Gasteiger partial charge is 0.374 e. The summed E-state index contributed by atoms with van der Waals surface area (Å²) in [6.07, 6.45) is 0.130. The van der Waals surface area contributed by atoms with Gasteiger partial charge in [-0.25, -0.2) is 0 Å². The first-order valence-electron chi connectivity index (χ1n) is 3.37. The highest BCUT2D eigenvalue weighted by Gasteiger charge is 2.10. The predicted molar refractivity (Wildman–Crippen MR) is 50.5 cm³/mol. The van der Waals surface area contributed by atoms with Gasteiger partial charge in [0.25, 0.3) is 0 Å². The smallest absolute Gasteiger partial charge is 0.138 e. The molecule has 0 aliphatic carbocycles. The van der Waals surface area contributed by atoms with E-state index < -0.39 is 6.23 Å². The summed E-state index contributed by atoms with van der Waals surface area (Å²) in [5, 5.41) is 9.07. The van der Waals surface area contributed by atoms with Crippen molar-refractivity contribution in [3.05, 3.63) is 20.3 Å². The van der Waals surface area contributed by atoms with Gasteiger partial charge < -0.3 is 10.8 Å². The van der Waals surface area contributed by atoms with Gasteiger partial charge in [-0.1, -0.05) is 6.92 Å². The van der Waals surface area contributed by atoms with Crippen molar-refractivity contribution < 1.29 is 5.11 Å². The standard InChI is InChI=1S/C7H10BrNOS/c1-2-4-3-5(8)6(11-4)7(9)10/h3,7,10H,2,9H2,1H3. The van der Waals surface area contributed by atoms with Gasteiger partial charge in [0.2, 0.25) is 0 Å². The Morgan fingerprint density at radius 1 is 1.82 bits per heavy atom. The van der Waals surface area contributed by atoms with Crippen LogP contribution in [0.3, 0.4) is 0 Å². The van der Waals surface area contributed by atoms with Crippen molar-refractivity contribution in [3.63, 3.8) is 0 Å². The summed E-state index contributed by atoms with van der Waals surface area (Å²) in [7, 11) is 0. The van der Waals surface area contributed by atoms with E-state index >= 15 is 0 Å². The van der Waals surface area contributed by atoms with Crippen molar-refractivity contribution in [1.29, 1.82) is 0 Å². The van der Waals surface area contributed by atoms with E-state index in [4.69, 9.17) is 10.8 Å². The van der Waals surface area contributed by atoms with Gasteiger partial charge in [-0.15, -0.1) is 11.3 Å². The van der Waals surface area contributed by atoms with Gasteiger partial charge in [-0.2, -0.15) is 0 Å². The highest BCUT2D eigenvalue weighted by Crippen LogP contribution is 2.30. The van der Waals surface area contributed by atoms with Crippen LogP contribution in [0.2, 0.25) is 0 Å². The fourth-order valence-corrected chi connectivity index (χ4v) is 2.59. The zero-order chi connectivity index (χ0) is 8.43. The zero-order valence-corrected chi connectivity index (χ0v) is 8.58. The Labute approximate surface area is 78.2 Å². The van der Waals surface area contributed by atoms with E-state index in [9.17, 15) is 0 Å². The molecular weight excluding hydrogens is 226 g/mol. The molecule has 1 atom stereocenters. The van der Waals surface area contributed by atoms with Crippen molar-refractivity contribution in [1.82, 2.24) is 0 Å². The second-order valence-corrected chi connectivity index (χ2v) is 4.25. The van der Waals surface area contributed by atoms with E-state index in [1.165, 1.54) is 4.88 Å². The Morgan fingerprint density at radius 3 is 2.73 bits per heavy atom. The molecule has 1 aromatic rings. The van der Waals surface area contributed by atoms with Gasteiger partial charge in [0, 0.05) is 9.35 Å². The summed E-state index contributed by atoms with van der Waals surface area (Å²) in [5.41, 5.74) is 5.32. The first-order valence-corrected chi connectivity index (χ1v) is 4.97. The molecule has 62 valence electrons. The lowest BCUT2D eigenvalue weighted by Gasteiger charge is -1.99. The molecule has 0 bridgehead atoms. The van der Waals surface area contributed by atoms with E-state index in [0.717, 1.165) is 15.8 Å². The van der Waals surface area contributed by atoms with Crippen LogP contribution in [0.4, 0.5) is 0 Å². The van der Waals surface area contributed by atoms with Crippen molar-refractivity contribution in [2.24, 2.45) is 5.73 Å². The number of rotatable bonds is 2. The molecule has 1 aromatic heterocycles. The zero-order valence-electron chi connectivity index (χ0n) is 6.17. The van der Waals surface area contributed by atoms with Gasteiger partial charge in [0.15, 0.2) is 0 Å². The van der Waals surface area contributed by atoms with Crippen molar-refractivity contribution in [3.8, 4) is 0 Å². The first-order chi connectivity index (χ1) is 5.15. The number of nitrogens with two attached hydrogens (primary N) is 1. The SMILES string of the molecule is CCc1cc(Br)c(C(N)O)s1. The number of hydrogen-bond donors (Lipinski definition) is 2. The topological polar surface area (TPSA) is 46.2 Å². The van der Waals surface area contributed by atoms with E-state index in [2.05, 4.69) is 22.9 Å². The van der Waals surface area contributed by atoms with Crippen LogP contribution in [0.15, 0.2) is 10.5 Å². The minimum atomic E-state index is -0.852. The van der Waals surface area contributed by atoms with Crippen LogP contribution in [0.5, 0.6) is 0 Å². The summed E-state index contributed by atoms with van der Waals surface area (Å²) in [6, 6.07) is 2.00. The third-order valence-corrected chi connectivity index (χ3v) is 3.65. The van der Waals surface area contributed by atoms with Crippen LogP contribution in [-0.4, -0.2) is 5.11 Å². The van der Waals surface area contributed by atoms with Crippen LogP contribution < -0.4 is 5.73 Å². The molecule has 0 saturated heterocycles. The summed E-state index contributed by atoms with van der Waals surface area (Å²) < 4.78 is 0.911. The molecule has 0 fully saturated rings. The van der Waals surface area contributed by atoms with Crippen LogP contribution in [0.25, 0.3) is 0 Å². The van der Waals surface area contributed by atoms with Crippen LogP contribution >= 0.6 is 27.3 Å². The fourth-order valence-electron chi connectivity index (χ4n) is 0.808. The van der Waals surface area contributed by atoms with E-state index in [-0.39, 0.29) is 0 Å². The fraction of sp³-hybridized carbons (Fsp3) is 0.429. The molecule has 1 rings (SSSR count). The quantitative estimate of drug-likeness (QED) is 0.771. The van der Waals surface area contributed by atoms with Crippen LogP contribution in [-0.2, 0) is 6.42 Å². The van der Waals surface area contributed by atoms with Crippen LogP contribution in [0, 0.1) is 0 Å². The molecule has 11 heavy (non-hydrogen) atoms. The number of halogens is 1. The first kappa shape index (κ1) is 9.19. The average Bonchev–Trinajstić information content (AvgIpc) is 2.30. The maximum absolute atomic E-state index is 9.07. The second-order valence-electron chi connectivity index (χ2n) is 2.22. The Balaban J connectivity index is 2.97.